The Balaban J connectivity index is 2.24. The molecule has 0 bridgehead atoms. The number of hydrogen-bond donors (Lipinski definition) is 0. The summed E-state index contributed by atoms with van der Waals surface area (Å²) in [5.74, 6) is 0.304. The van der Waals surface area contributed by atoms with Gasteiger partial charge in [-0.1, -0.05) is 13.8 Å². The molecule has 0 atom stereocenters. The molecule has 0 aromatic heterocycles. The first-order valence-corrected chi connectivity index (χ1v) is 7.95. The van der Waals surface area contributed by atoms with Gasteiger partial charge in [0.15, 0.2) is 9.84 Å². The highest BCUT2D eigenvalue weighted by Gasteiger charge is 2.22. The molecule has 1 aromatic carbocycles. The third-order valence-corrected chi connectivity index (χ3v) is 4.89. The fourth-order valence-corrected chi connectivity index (χ4v) is 3.28. The van der Waals surface area contributed by atoms with Gasteiger partial charge in [0.25, 0.3) is 0 Å². The zero-order valence-corrected chi connectivity index (χ0v) is 11.5. The number of halogens is 1. The maximum absolute atomic E-state index is 13.6. The average molecular weight is 271 g/mol. The standard InChI is InChI=1S/C13H18FNO2S/c1-10(2)11-7-12(14)9-13(8-11)15-3-5-18(16,17)6-4-15/h7-10H,3-6H2,1-2H3. The smallest absolute Gasteiger partial charge is 0.153 e. The summed E-state index contributed by atoms with van der Waals surface area (Å²) in [5.41, 5.74) is 1.73. The van der Waals surface area contributed by atoms with Gasteiger partial charge in [-0.2, -0.15) is 0 Å². The molecule has 1 aliphatic heterocycles. The molecule has 1 saturated heterocycles. The lowest BCUT2D eigenvalue weighted by Crippen LogP contribution is -2.40. The number of sulfone groups is 1. The maximum Gasteiger partial charge on any atom is 0.153 e. The topological polar surface area (TPSA) is 37.4 Å². The minimum absolute atomic E-state index is 0.153. The van der Waals surface area contributed by atoms with Crippen molar-refractivity contribution < 1.29 is 12.8 Å². The third-order valence-electron chi connectivity index (χ3n) is 3.28. The van der Waals surface area contributed by atoms with E-state index in [4.69, 9.17) is 0 Å². The second-order valence-electron chi connectivity index (χ2n) is 5.04. The molecule has 0 aliphatic carbocycles. The molecule has 0 saturated carbocycles. The van der Waals surface area contributed by atoms with Crippen molar-refractivity contribution in [3.8, 4) is 0 Å². The van der Waals surface area contributed by atoms with Crippen molar-refractivity contribution >= 4 is 15.5 Å². The first-order chi connectivity index (χ1) is 8.37. The van der Waals surface area contributed by atoms with E-state index in [1.54, 1.807) is 0 Å². The Labute approximate surface area is 108 Å². The summed E-state index contributed by atoms with van der Waals surface area (Å²) in [6.45, 7) is 4.92. The Morgan fingerprint density at radius 1 is 1.17 bits per heavy atom. The summed E-state index contributed by atoms with van der Waals surface area (Å²) in [7, 11) is -2.90. The van der Waals surface area contributed by atoms with Crippen LogP contribution >= 0.6 is 0 Å². The maximum atomic E-state index is 13.6. The quantitative estimate of drug-likeness (QED) is 0.827. The molecule has 1 aliphatic rings. The van der Waals surface area contributed by atoms with Crippen molar-refractivity contribution in [2.75, 3.05) is 29.5 Å². The van der Waals surface area contributed by atoms with Gasteiger partial charge in [0, 0.05) is 18.8 Å². The van der Waals surface area contributed by atoms with Crippen LogP contribution in [0.2, 0.25) is 0 Å². The van der Waals surface area contributed by atoms with E-state index in [9.17, 15) is 12.8 Å². The average Bonchev–Trinajstić information content (AvgIpc) is 2.28. The van der Waals surface area contributed by atoms with Gasteiger partial charge in [-0.05, 0) is 29.7 Å². The molecule has 3 nitrogen and oxygen atoms in total. The highest BCUT2D eigenvalue weighted by atomic mass is 32.2. The Bertz CT molecular complexity index is 526. The molecule has 5 heteroatoms. The van der Waals surface area contributed by atoms with Crippen molar-refractivity contribution in [3.05, 3.63) is 29.6 Å². The number of anilines is 1. The minimum Gasteiger partial charge on any atom is -0.369 e. The molecule has 0 radical (unpaired) electrons. The predicted molar refractivity (Wildman–Crippen MR) is 71.4 cm³/mol. The van der Waals surface area contributed by atoms with Crippen molar-refractivity contribution in [3.63, 3.8) is 0 Å². The molecule has 100 valence electrons. The zero-order chi connectivity index (χ0) is 13.3. The summed E-state index contributed by atoms with van der Waals surface area (Å²) in [6.07, 6.45) is 0. The van der Waals surface area contributed by atoms with E-state index in [-0.39, 0.29) is 23.2 Å². The lowest BCUT2D eigenvalue weighted by atomic mass is 10.0. The van der Waals surface area contributed by atoms with Crippen molar-refractivity contribution in [2.45, 2.75) is 19.8 Å². The Hall–Kier alpha value is -1.10. The Kier molecular flexibility index (Phi) is 3.61. The van der Waals surface area contributed by atoms with Crippen molar-refractivity contribution in [1.29, 1.82) is 0 Å². The second kappa shape index (κ2) is 4.88. The molecule has 1 heterocycles. The summed E-state index contributed by atoms with van der Waals surface area (Å²) in [5, 5.41) is 0. The normalized spacial score (nSPS) is 19.2. The summed E-state index contributed by atoms with van der Waals surface area (Å²) in [6, 6.07) is 4.96. The summed E-state index contributed by atoms with van der Waals surface area (Å²) < 4.78 is 36.3. The van der Waals surface area contributed by atoms with Crippen LogP contribution in [-0.4, -0.2) is 33.0 Å². The molecule has 2 rings (SSSR count). The van der Waals surface area contributed by atoms with Gasteiger partial charge in [0.05, 0.1) is 11.5 Å². The van der Waals surface area contributed by atoms with Crippen LogP contribution in [-0.2, 0) is 9.84 Å². The molecule has 0 unspecified atom stereocenters. The van der Waals surface area contributed by atoms with Crippen LogP contribution in [0.4, 0.5) is 10.1 Å². The number of nitrogens with zero attached hydrogens (tertiary/aromatic N) is 1. The van der Waals surface area contributed by atoms with Gasteiger partial charge in [-0.3, -0.25) is 0 Å². The molecule has 1 aromatic rings. The van der Waals surface area contributed by atoms with Gasteiger partial charge in [0.1, 0.15) is 5.82 Å². The SMILES string of the molecule is CC(C)c1cc(F)cc(N2CCS(=O)(=O)CC2)c1. The second-order valence-corrected chi connectivity index (χ2v) is 7.34. The largest absolute Gasteiger partial charge is 0.369 e. The number of rotatable bonds is 2. The van der Waals surface area contributed by atoms with E-state index in [1.807, 2.05) is 24.8 Å². The first kappa shape index (κ1) is 13.3. The van der Waals surface area contributed by atoms with Crippen LogP contribution in [0.5, 0.6) is 0 Å². The van der Waals surface area contributed by atoms with E-state index in [0.29, 0.717) is 13.1 Å². The molecule has 18 heavy (non-hydrogen) atoms. The van der Waals surface area contributed by atoms with Gasteiger partial charge in [-0.15, -0.1) is 0 Å². The van der Waals surface area contributed by atoms with Crippen LogP contribution in [0.1, 0.15) is 25.3 Å². The first-order valence-electron chi connectivity index (χ1n) is 6.13. The van der Waals surface area contributed by atoms with Gasteiger partial charge >= 0.3 is 0 Å². The monoisotopic (exact) mass is 271 g/mol. The summed E-state index contributed by atoms with van der Waals surface area (Å²) in [4.78, 5) is 1.94. The van der Waals surface area contributed by atoms with Gasteiger partial charge in [-0.25, -0.2) is 12.8 Å². The summed E-state index contributed by atoms with van der Waals surface area (Å²) >= 11 is 0. The van der Waals surface area contributed by atoms with E-state index in [1.165, 1.54) is 12.1 Å². The Morgan fingerprint density at radius 2 is 1.78 bits per heavy atom. The van der Waals surface area contributed by atoms with E-state index >= 15 is 0 Å². The highest BCUT2D eigenvalue weighted by Crippen LogP contribution is 2.24. The Morgan fingerprint density at radius 3 is 2.33 bits per heavy atom. The van der Waals surface area contributed by atoms with E-state index in [0.717, 1.165) is 11.3 Å². The van der Waals surface area contributed by atoms with Crippen LogP contribution < -0.4 is 4.90 Å². The number of hydrogen-bond acceptors (Lipinski definition) is 3. The van der Waals surface area contributed by atoms with Crippen LogP contribution in [0.15, 0.2) is 18.2 Å². The van der Waals surface area contributed by atoms with Crippen LogP contribution in [0.25, 0.3) is 0 Å². The molecular weight excluding hydrogens is 253 g/mol. The van der Waals surface area contributed by atoms with Crippen molar-refractivity contribution in [2.24, 2.45) is 0 Å². The fourth-order valence-electron chi connectivity index (χ4n) is 2.08. The molecular formula is C13H18FNO2S. The van der Waals surface area contributed by atoms with Crippen LogP contribution in [0.3, 0.4) is 0 Å². The predicted octanol–water partition coefficient (Wildman–Crippen LogP) is 2.18. The minimum atomic E-state index is -2.90. The van der Waals surface area contributed by atoms with Gasteiger partial charge < -0.3 is 4.90 Å². The number of benzene rings is 1. The molecule has 0 spiro atoms. The van der Waals surface area contributed by atoms with E-state index in [2.05, 4.69) is 0 Å². The lowest BCUT2D eigenvalue weighted by molar-refractivity contribution is 0.586. The fraction of sp³-hybridized carbons (Fsp3) is 0.538. The van der Waals surface area contributed by atoms with Gasteiger partial charge in [0.2, 0.25) is 0 Å². The molecule has 0 amide bonds. The van der Waals surface area contributed by atoms with E-state index < -0.39 is 9.84 Å². The molecule has 0 N–H and O–H groups in total. The lowest BCUT2D eigenvalue weighted by Gasteiger charge is -2.29. The molecule has 1 fully saturated rings. The highest BCUT2D eigenvalue weighted by molar-refractivity contribution is 7.91. The van der Waals surface area contributed by atoms with Crippen molar-refractivity contribution in [1.82, 2.24) is 0 Å². The zero-order valence-electron chi connectivity index (χ0n) is 10.7. The third kappa shape index (κ3) is 3.02. The van der Waals surface area contributed by atoms with Crippen LogP contribution in [0, 0.1) is 5.82 Å².